The first-order valence-electron chi connectivity index (χ1n) is 4.43. The summed E-state index contributed by atoms with van der Waals surface area (Å²) in [6.07, 6.45) is 2.62. The lowest BCUT2D eigenvalue weighted by Gasteiger charge is -2.05. The van der Waals surface area contributed by atoms with Crippen LogP contribution in [0.25, 0.3) is 11.4 Å². The second kappa shape index (κ2) is 3.58. The first kappa shape index (κ1) is 10.0. The molecule has 0 atom stereocenters. The second-order valence-corrected chi connectivity index (χ2v) is 3.13. The molecule has 2 aromatic rings. The van der Waals surface area contributed by atoms with E-state index in [1.54, 1.807) is 0 Å². The minimum atomic E-state index is -0.599. The smallest absolute Gasteiger partial charge is 0.223 e. The van der Waals surface area contributed by atoms with Gasteiger partial charge in [-0.2, -0.15) is 0 Å². The number of hydrogen-bond acceptors (Lipinski definition) is 4. The van der Waals surface area contributed by atoms with E-state index in [2.05, 4.69) is 9.97 Å². The summed E-state index contributed by atoms with van der Waals surface area (Å²) >= 11 is 0. The van der Waals surface area contributed by atoms with Crippen molar-refractivity contribution in [1.29, 1.82) is 0 Å². The van der Waals surface area contributed by atoms with Crippen LogP contribution in [0.15, 0.2) is 34.1 Å². The molecule has 16 heavy (non-hydrogen) atoms. The van der Waals surface area contributed by atoms with Crippen LogP contribution in [0.1, 0.15) is 0 Å². The van der Waals surface area contributed by atoms with Crippen LogP contribution in [0.3, 0.4) is 0 Å². The number of rotatable bonds is 1. The van der Waals surface area contributed by atoms with Gasteiger partial charge in [0.15, 0.2) is 11.5 Å². The second-order valence-electron chi connectivity index (χ2n) is 3.13. The molecular weight excluding hydrogens is 212 g/mol. The van der Waals surface area contributed by atoms with Crippen LogP contribution < -0.4 is 10.9 Å². The van der Waals surface area contributed by atoms with Crippen LogP contribution in [0.4, 0.5) is 0 Å². The molecular formula is C10H8N2O4. The van der Waals surface area contributed by atoms with Crippen molar-refractivity contribution in [2.75, 3.05) is 0 Å². The van der Waals surface area contributed by atoms with Gasteiger partial charge in [-0.05, 0) is 0 Å². The van der Waals surface area contributed by atoms with E-state index < -0.39 is 22.4 Å². The Hall–Kier alpha value is -2.50. The van der Waals surface area contributed by atoms with Crippen molar-refractivity contribution in [3.05, 3.63) is 45.0 Å². The largest absolute Gasteiger partial charge is 0.503 e. The minimum absolute atomic E-state index is 0.0253. The van der Waals surface area contributed by atoms with Gasteiger partial charge >= 0.3 is 0 Å². The SMILES string of the molecule is O=c1cc[nH]c(-c2[nH]ccc(=O)c2O)c1O. The van der Waals surface area contributed by atoms with E-state index in [0.717, 1.165) is 12.1 Å². The molecule has 6 nitrogen and oxygen atoms in total. The Balaban J connectivity index is 2.78. The van der Waals surface area contributed by atoms with Crippen LogP contribution in [0.2, 0.25) is 0 Å². The van der Waals surface area contributed by atoms with Crippen LogP contribution in [0.5, 0.6) is 11.5 Å². The molecule has 2 rings (SSSR count). The quantitative estimate of drug-likeness (QED) is 0.548. The molecule has 0 unspecified atom stereocenters. The van der Waals surface area contributed by atoms with Gasteiger partial charge in [-0.25, -0.2) is 0 Å². The van der Waals surface area contributed by atoms with Gasteiger partial charge in [0.2, 0.25) is 10.9 Å². The lowest BCUT2D eigenvalue weighted by atomic mass is 10.2. The topological polar surface area (TPSA) is 106 Å². The molecule has 0 amide bonds. The van der Waals surface area contributed by atoms with Crippen LogP contribution in [0, 0.1) is 0 Å². The Labute approximate surface area is 88.8 Å². The first-order chi connectivity index (χ1) is 7.61. The van der Waals surface area contributed by atoms with Gasteiger partial charge < -0.3 is 20.2 Å². The van der Waals surface area contributed by atoms with E-state index in [1.807, 2.05) is 0 Å². The highest BCUT2D eigenvalue weighted by atomic mass is 16.3. The Morgan fingerprint density at radius 2 is 1.19 bits per heavy atom. The van der Waals surface area contributed by atoms with Gasteiger partial charge in [-0.15, -0.1) is 0 Å². The molecule has 0 spiro atoms. The van der Waals surface area contributed by atoms with Crippen molar-refractivity contribution in [3.63, 3.8) is 0 Å². The Morgan fingerprint density at radius 3 is 1.56 bits per heavy atom. The number of aromatic nitrogens is 2. The van der Waals surface area contributed by atoms with E-state index in [1.165, 1.54) is 12.4 Å². The number of nitrogens with one attached hydrogen (secondary N) is 2. The first-order valence-corrected chi connectivity index (χ1v) is 4.43. The lowest BCUT2D eigenvalue weighted by Crippen LogP contribution is -2.05. The zero-order valence-electron chi connectivity index (χ0n) is 8.02. The summed E-state index contributed by atoms with van der Waals surface area (Å²) in [5, 5.41) is 19.0. The maximum absolute atomic E-state index is 11.2. The van der Waals surface area contributed by atoms with E-state index in [-0.39, 0.29) is 11.4 Å². The van der Waals surface area contributed by atoms with Gasteiger partial charge in [0.25, 0.3) is 0 Å². The van der Waals surface area contributed by atoms with E-state index >= 15 is 0 Å². The molecule has 4 N–H and O–H groups in total. The molecule has 0 aromatic carbocycles. The molecule has 0 aliphatic heterocycles. The van der Waals surface area contributed by atoms with Crippen molar-refractivity contribution in [2.45, 2.75) is 0 Å². The Bertz CT molecular complexity index is 584. The van der Waals surface area contributed by atoms with Crippen LogP contribution >= 0.6 is 0 Å². The zero-order valence-corrected chi connectivity index (χ0v) is 8.02. The molecule has 0 aliphatic rings. The maximum atomic E-state index is 11.2. The fourth-order valence-corrected chi connectivity index (χ4v) is 1.32. The Morgan fingerprint density at radius 1 is 0.812 bits per heavy atom. The molecule has 0 radical (unpaired) electrons. The predicted octanol–water partition coefficient (Wildman–Crippen LogP) is 0.141. The minimum Gasteiger partial charge on any atom is -0.503 e. The number of H-pyrrole nitrogens is 2. The maximum Gasteiger partial charge on any atom is 0.223 e. The molecule has 0 saturated heterocycles. The van der Waals surface area contributed by atoms with Gasteiger partial charge in [0.1, 0.15) is 11.4 Å². The molecule has 6 heteroatoms. The summed E-state index contributed by atoms with van der Waals surface area (Å²) in [4.78, 5) is 27.5. The molecule has 2 heterocycles. The molecule has 2 aromatic heterocycles. The van der Waals surface area contributed by atoms with Crippen molar-refractivity contribution in [2.24, 2.45) is 0 Å². The fraction of sp³-hybridized carbons (Fsp3) is 0. The average Bonchev–Trinajstić information content (AvgIpc) is 2.27. The lowest BCUT2D eigenvalue weighted by molar-refractivity contribution is 0.460. The van der Waals surface area contributed by atoms with E-state index in [0.29, 0.717) is 0 Å². The van der Waals surface area contributed by atoms with Crippen molar-refractivity contribution >= 4 is 0 Å². The third-order valence-electron chi connectivity index (χ3n) is 2.12. The fourth-order valence-electron chi connectivity index (χ4n) is 1.32. The van der Waals surface area contributed by atoms with Gasteiger partial charge in [-0.3, -0.25) is 9.59 Å². The van der Waals surface area contributed by atoms with E-state index in [9.17, 15) is 19.8 Å². The third-order valence-corrected chi connectivity index (χ3v) is 2.12. The van der Waals surface area contributed by atoms with Crippen LogP contribution in [-0.2, 0) is 0 Å². The van der Waals surface area contributed by atoms with E-state index in [4.69, 9.17) is 0 Å². The predicted molar refractivity (Wildman–Crippen MR) is 56.4 cm³/mol. The number of pyridine rings is 2. The molecule has 0 bridgehead atoms. The number of hydrogen-bond donors (Lipinski definition) is 4. The summed E-state index contributed by atoms with van der Waals surface area (Å²) in [5.74, 6) is -1.11. The molecule has 0 fully saturated rings. The summed E-state index contributed by atoms with van der Waals surface area (Å²) in [5.41, 5.74) is -1.25. The standard InChI is InChI=1S/C10H8N2O4/c13-5-1-3-11-7(9(5)15)8-10(16)6(14)2-4-12-8/h1-4,15-16H,(H,11,13)(H,12,14). The monoisotopic (exact) mass is 220 g/mol. The van der Waals surface area contributed by atoms with Crippen molar-refractivity contribution < 1.29 is 10.2 Å². The van der Waals surface area contributed by atoms with Gasteiger partial charge in [0, 0.05) is 24.5 Å². The Kier molecular flexibility index (Phi) is 2.24. The third kappa shape index (κ3) is 1.46. The summed E-state index contributed by atoms with van der Waals surface area (Å²) in [6, 6.07) is 2.27. The van der Waals surface area contributed by atoms with Crippen molar-refractivity contribution in [3.8, 4) is 22.9 Å². The van der Waals surface area contributed by atoms with Gasteiger partial charge in [-0.1, -0.05) is 0 Å². The summed E-state index contributed by atoms with van der Waals surface area (Å²) < 4.78 is 0. The normalized spacial score (nSPS) is 10.2. The molecule has 82 valence electrons. The highest BCUT2D eigenvalue weighted by Gasteiger charge is 2.13. The zero-order chi connectivity index (χ0) is 11.7. The number of aromatic hydroxyl groups is 2. The highest BCUT2D eigenvalue weighted by molar-refractivity contribution is 5.67. The van der Waals surface area contributed by atoms with Crippen molar-refractivity contribution in [1.82, 2.24) is 9.97 Å². The molecule has 0 aliphatic carbocycles. The van der Waals surface area contributed by atoms with Gasteiger partial charge in [0.05, 0.1) is 0 Å². The molecule has 0 saturated carbocycles. The highest BCUT2D eigenvalue weighted by Crippen LogP contribution is 2.26. The number of aromatic amines is 2. The summed E-state index contributed by atoms with van der Waals surface area (Å²) in [6.45, 7) is 0. The summed E-state index contributed by atoms with van der Waals surface area (Å²) in [7, 11) is 0. The average molecular weight is 220 g/mol. The van der Waals surface area contributed by atoms with Crippen LogP contribution in [-0.4, -0.2) is 20.2 Å².